The number of carbonyl (C=O) groups excluding carboxylic acids is 2. The lowest BCUT2D eigenvalue weighted by Gasteiger charge is -2.38. The number of rotatable bonds is 2. The fraction of sp³-hybridized carbons (Fsp3) is 0.833. The van der Waals surface area contributed by atoms with Crippen molar-refractivity contribution >= 4 is 11.9 Å². The molecule has 3 rings (SSSR count). The normalized spacial score (nSPS) is 48.2. The molecule has 4 nitrogen and oxygen atoms in total. The van der Waals surface area contributed by atoms with Crippen molar-refractivity contribution in [2.75, 3.05) is 0 Å². The third kappa shape index (κ3) is 1.00. The predicted molar refractivity (Wildman–Crippen MR) is 54.4 cm³/mol. The van der Waals surface area contributed by atoms with Gasteiger partial charge in [-0.25, -0.2) is 0 Å². The first-order valence-corrected chi connectivity index (χ1v) is 5.98. The van der Waals surface area contributed by atoms with Crippen molar-refractivity contribution in [3.63, 3.8) is 0 Å². The lowest BCUT2D eigenvalue weighted by molar-refractivity contribution is -0.181. The van der Waals surface area contributed by atoms with Gasteiger partial charge in [0.15, 0.2) is 5.60 Å². The van der Waals surface area contributed by atoms with E-state index in [1.807, 2.05) is 6.92 Å². The molecule has 16 heavy (non-hydrogen) atoms. The smallest absolute Gasteiger partial charge is 0.309 e. The molecule has 2 bridgehead atoms. The van der Waals surface area contributed by atoms with Crippen molar-refractivity contribution in [1.82, 2.24) is 0 Å². The van der Waals surface area contributed by atoms with Crippen LogP contribution in [0.1, 0.15) is 33.1 Å². The topological polar surface area (TPSA) is 52.6 Å². The molecule has 2 aliphatic carbocycles. The average Bonchev–Trinajstić information content (AvgIpc) is 2.81. The average molecular weight is 224 g/mol. The van der Waals surface area contributed by atoms with Crippen LogP contribution < -0.4 is 0 Å². The summed E-state index contributed by atoms with van der Waals surface area (Å²) in [6, 6.07) is 0. The van der Waals surface area contributed by atoms with E-state index in [1.165, 1.54) is 6.92 Å². The number of carbonyl (C=O) groups is 2. The standard InChI is InChI=1S/C12H16O4/c1-3-12(16-6(2)13)7-4-8-9(5-7)11(14)15-10(8)12/h7-10H,3-5H2,1-2H3. The Kier molecular flexibility index (Phi) is 1.89. The second kappa shape index (κ2) is 2.99. The summed E-state index contributed by atoms with van der Waals surface area (Å²) in [5.74, 6) is 0.323. The molecule has 0 aromatic carbocycles. The van der Waals surface area contributed by atoms with Crippen LogP contribution in [0, 0.1) is 17.8 Å². The Hall–Kier alpha value is -1.06. The van der Waals surface area contributed by atoms with Crippen LogP contribution in [0.15, 0.2) is 0 Å². The first-order valence-electron chi connectivity index (χ1n) is 5.98. The summed E-state index contributed by atoms with van der Waals surface area (Å²) in [6.45, 7) is 3.43. The highest BCUT2D eigenvalue weighted by atomic mass is 16.6. The third-order valence-electron chi connectivity index (χ3n) is 4.61. The minimum absolute atomic E-state index is 0.0743. The van der Waals surface area contributed by atoms with Gasteiger partial charge in [0, 0.05) is 18.8 Å². The van der Waals surface area contributed by atoms with Gasteiger partial charge in [-0.2, -0.15) is 0 Å². The van der Waals surface area contributed by atoms with Crippen LogP contribution in [0.25, 0.3) is 0 Å². The molecule has 1 heterocycles. The molecule has 5 atom stereocenters. The number of esters is 2. The Balaban J connectivity index is 1.97. The van der Waals surface area contributed by atoms with E-state index in [0.29, 0.717) is 5.92 Å². The molecular formula is C12H16O4. The van der Waals surface area contributed by atoms with Gasteiger partial charge in [0.05, 0.1) is 5.92 Å². The summed E-state index contributed by atoms with van der Waals surface area (Å²) in [4.78, 5) is 22.9. The van der Waals surface area contributed by atoms with E-state index < -0.39 is 5.60 Å². The van der Waals surface area contributed by atoms with Gasteiger partial charge in [0.2, 0.25) is 0 Å². The van der Waals surface area contributed by atoms with Gasteiger partial charge >= 0.3 is 11.9 Å². The number of hydrogen-bond donors (Lipinski definition) is 0. The Bertz CT molecular complexity index is 364. The lowest BCUT2D eigenvalue weighted by atomic mass is 9.77. The molecule has 5 unspecified atom stereocenters. The summed E-state index contributed by atoms with van der Waals surface area (Å²) < 4.78 is 11.0. The summed E-state index contributed by atoms with van der Waals surface area (Å²) in [5.41, 5.74) is -0.529. The van der Waals surface area contributed by atoms with E-state index in [4.69, 9.17) is 9.47 Å². The molecule has 0 N–H and O–H groups in total. The predicted octanol–water partition coefficient (Wildman–Crippen LogP) is 1.28. The van der Waals surface area contributed by atoms with Crippen LogP contribution in [0.3, 0.4) is 0 Å². The first kappa shape index (κ1) is 10.1. The van der Waals surface area contributed by atoms with E-state index in [9.17, 15) is 9.59 Å². The molecular weight excluding hydrogens is 208 g/mol. The lowest BCUT2D eigenvalue weighted by Crippen LogP contribution is -2.49. The number of hydrogen-bond acceptors (Lipinski definition) is 4. The third-order valence-corrected chi connectivity index (χ3v) is 4.61. The maximum Gasteiger partial charge on any atom is 0.309 e. The van der Waals surface area contributed by atoms with Gasteiger partial charge < -0.3 is 9.47 Å². The van der Waals surface area contributed by atoms with Crippen molar-refractivity contribution in [2.45, 2.75) is 44.8 Å². The highest BCUT2D eigenvalue weighted by Crippen LogP contribution is 2.61. The van der Waals surface area contributed by atoms with Crippen LogP contribution in [-0.4, -0.2) is 23.6 Å². The molecule has 0 spiro atoms. The zero-order valence-corrected chi connectivity index (χ0v) is 9.56. The van der Waals surface area contributed by atoms with Crippen LogP contribution in [-0.2, 0) is 19.1 Å². The van der Waals surface area contributed by atoms with Crippen molar-refractivity contribution in [3.05, 3.63) is 0 Å². The van der Waals surface area contributed by atoms with Crippen LogP contribution in [0.4, 0.5) is 0 Å². The second-order valence-corrected chi connectivity index (χ2v) is 5.20. The largest absolute Gasteiger partial charge is 0.458 e. The van der Waals surface area contributed by atoms with Crippen molar-refractivity contribution in [2.24, 2.45) is 17.8 Å². The summed E-state index contributed by atoms with van der Waals surface area (Å²) in [6.07, 6.45) is 2.36. The van der Waals surface area contributed by atoms with Crippen LogP contribution in [0.5, 0.6) is 0 Å². The Morgan fingerprint density at radius 1 is 1.56 bits per heavy atom. The molecule has 4 heteroatoms. The number of fused-ring (bicyclic) bond motifs is 1. The van der Waals surface area contributed by atoms with Crippen molar-refractivity contribution in [3.8, 4) is 0 Å². The monoisotopic (exact) mass is 224 g/mol. The van der Waals surface area contributed by atoms with E-state index in [0.717, 1.165) is 19.3 Å². The van der Waals surface area contributed by atoms with Crippen molar-refractivity contribution < 1.29 is 19.1 Å². The molecule has 1 aliphatic heterocycles. The van der Waals surface area contributed by atoms with E-state index in [1.54, 1.807) is 0 Å². The summed E-state index contributed by atoms with van der Waals surface area (Å²) in [7, 11) is 0. The minimum Gasteiger partial charge on any atom is -0.458 e. The molecule has 0 aromatic heterocycles. The number of ether oxygens (including phenoxy) is 2. The van der Waals surface area contributed by atoms with Gasteiger partial charge in [-0.1, -0.05) is 6.92 Å². The maximum atomic E-state index is 11.6. The second-order valence-electron chi connectivity index (χ2n) is 5.20. The quantitative estimate of drug-likeness (QED) is 0.663. The Morgan fingerprint density at radius 3 is 2.94 bits per heavy atom. The Labute approximate surface area is 94.3 Å². The van der Waals surface area contributed by atoms with E-state index in [-0.39, 0.29) is 29.9 Å². The molecule has 0 radical (unpaired) electrons. The first-order chi connectivity index (χ1) is 7.58. The minimum atomic E-state index is -0.529. The highest BCUT2D eigenvalue weighted by Gasteiger charge is 2.70. The van der Waals surface area contributed by atoms with Gasteiger partial charge in [-0.05, 0) is 19.3 Å². The van der Waals surface area contributed by atoms with Crippen molar-refractivity contribution in [1.29, 1.82) is 0 Å². The Morgan fingerprint density at radius 2 is 2.31 bits per heavy atom. The molecule has 1 saturated heterocycles. The zero-order chi connectivity index (χ0) is 11.5. The fourth-order valence-corrected chi connectivity index (χ4v) is 4.04. The zero-order valence-electron chi connectivity index (χ0n) is 9.56. The summed E-state index contributed by atoms with van der Waals surface area (Å²) in [5, 5.41) is 0. The highest BCUT2D eigenvalue weighted by molar-refractivity contribution is 5.77. The van der Waals surface area contributed by atoms with E-state index in [2.05, 4.69) is 0 Å². The molecule has 0 amide bonds. The summed E-state index contributed by atoms with van der Waals surface area (Å²) >= 11 is 0. The van der Waals surface area contributed by atoms with Gasteiger partial charge in [0.1, 0.15) is 6.10 Å². The van der Waals surface area contributed by atoms with Gasteiger partial charge in [0.25, 0.3) is 0 Å². The van der Waals surface area contributed by atoms with Gasteiger partial charge in [-0.15, -0.1) is 0 Å². The van der Waals surface area contributed by atoms with Crippen LogP contribution >= 0.6 is 0 Å². The molecule has 3 aliphatic rings. The SMILES string of the molecule is CCC1(OC(C)=O)C2CC3C(=O)OC1C3C2. The van der Waals surface area contributed by atoms with Gasteiger partial charge in [-0.3, -0.25) is 9.59 Å². The maximum absolute atomic E-state index is 11.6. The molecule has 0 aromatic rings. The van der Waals surface area contributed by atoms with E-state index >= 15 is 0 Å². The fourth-order valence-electron chi connectivity index (χ4n) is 4.04. The molecule has 3 fully saturated rings. The molecule has 2 saturated carbocycles. The van der Waals surface area contributed by atoms with Crippen LogP contribution in [0.2, 0.25) is 0 Å². The molecule has 88 valence electrons.